The first-order chi connectivity index (χ1) is 15.6. The fourth-order valence-electron chi connectivity index (χ4n) is 5.28. The number of benzene rings is 2. The maximum atomic E-state index is 2.39. The molecule has 3 aliphatic rings. The number of fused-ring (bicyclic) bond motifs is 2. The lowest BCUT2D eigenvalue weighted by Crippen LogP contribution is -2.10. The van der Waals surface area contributed by atoms with E-state index in [2.05, 4.69) is 103 Å². The van der Waals surface area contributed by atoms with E-state index in [0.717, 1.165) is 12.8 Å². The van der Waals surface area contributed by atoms with Gasteiger partial charge >= 0.3 is 0 Å². The van der Waals surface area contributed by atoms with Gasteiger partial charge in [0.1, 0.15) is 7.05 Å². The molecule has 0 atom stereocenters. The van der Waals surface area contributed by atoms with Gasteiger partial charge in [0.05, 0.1) is 6.42 Å². The van der Waals surface area contributed by atoms with E-state index in [1.807, 2.05) is 0 Å². The molecule has 0 aromatic heterocycles. The molecule has 5 rings (SSSR count). The Morgan fingerprint density at radius 3 is 2.41 bits per heavy atom. The van der Waals surface area contributed by atoms with E-state index in [-0.39, 0.29) is 0 Å². The first-order valence-electron chi connectivity index (χ1n) is 11.9. The number of nitrogens with zero attached hydrogens (tertiary/aromatic N) is 2. The van der Waals surface area contributed by atoms with Gasteiger partial charge in [0.15, 0.2) is 5.71 Å². The van der Waals surface area contributed by atoms with Crippen LogP contribution >= 0.6 is 0 Å². The minimum absolute atomic E-state index is 1.02. The van der Waals surface area contributed by atoms with Crippen molar-refractivity contribution in [3.8, 4) is 0 Å². The van der Waals surface area contributed by atoms with Crippen LogP contribution in [0, 0.1) is 0 Å². The van der Waals surface area contributed by atoms with E-state index in [4.69, 9.17) is 0 Å². The zero-order chi connectivity index (χ0) is 22.1. The molecule has 32 heavy (non-hydrogen) atoms. The maximum absolute atomic E-state index is 2.39. The van der Waals surface area contributed by atoms with Crippen molar-refractivity contribution >= 4 is 17.1 Å². The number of allylic oxidation sites excluding steroid dienone is 8. The summed E-state index contributed by atoms with van der Waals surface area (Å²) in [6.45, 7) is 2.32. The van der Waals surface area contributed by atoms with Crippen molar-refractivity contribution in [2.24, 2.45) is 0 Å². The van der Waals surface area contributed by atoms with Gasteiger partial charge in [-0.3, -0.25) is 0 Å². The van der Waals surface area contributed by atoms with Crippen LogP contribution < -0.4 is 4.90 Å². The summed E-state index contributed by atoms with van der Waals surface area (Å²) in [5, 5.41) is 0. The largest absolute Gasteiger partial charge is 0.348 e. The smallest absolute Gasteiger partial charge is 0.208 e. The fourth-order valence-corrected chi connectivity index (χ4v) is 5.28. The second-order valence-electron chi connectivity index (χ2n) is 9.26. The zero-order valence-electron chi connectivity index (χ0n) is 19.6. The quantitative estimate of drug-likeness (QED) is 0.488. The van der Waals surface area contributed by atoms with Gasteiger partial charge in [-0.15, -0.1) is 0 Å². The lowest BCUT2D eigenvalue weighted by Gasteiger charge is -2.14. The maximum Gasteiger partial charge on any atom is 0.208 e. The first kappa shape index (κ1) is 20.8. The minimum Gasteiger partial charge on any atom is -0.348 e. The van der Waals surface area contributed by atoms with E-state index in [0.29, 0.717) is 0 Å². The normalized spacial score (nSPS) is 21.2. The number of para-hydroxylation sites is 2. The predicted molar refractivity (Wildman–Crippen MR) is 136 cm³/mol. The summed E-state index contributed by atoms with van der Waals surface area (Å²) in [5.74, 6) is 0. The third-order valence-electron chi connectivity index (χ3n) is 7.37. The lowest BCUT2D eigenvalue weighted by atomic mass is 9.98. The van der Waals surface area contributed by atoms with Crippen molar-refractivity contribution in [1.82, 2.24) is 0 Å². The van der Waals surface area contributed by atoms with Crippen molar-refractivity contribution in [2.45, 2.75) is 45.4 Å². The summed E-state index contributed by atoms with van der Waals surface area (Å²) >= 11 is 0. The molecule has 0 N–H and O–H groups in total. The van der Waals surface area contributed by atoms with Gasteiger partial charge in [0.2, 0.25) is 5.69 Å². The van der Waals surface area contributed by atoms with E-state index in [9.17, 15) is 0 Å². The SMILES string of the molecule is CC1=C(C=CC2=[N+](C)c3ccccc3C2)CCCCC1=CC=C1Cc2ccccc2N1C. The van der Waals surface area contributed by atoms with Crippen molar-refractivity contribution in [1.29, 1.82) is 0 Å². The van der Waals surface area contributed by atoms with Gasteiger partial charge in [-0.25, -0.2) is 0 Å². The van der Waals surface area contributed by atoms with Crippen LogP contribution in [0.5, 0.6) is 0 Å². The molecule has 0 unspecified atom stereocenters. The van der Waals surface area contributed by atoms with Crippen LogP contribution in [0.2, 0.25) is 0 Å². The van der Waals surface area contributed by atoms with Gasteiger partial charge in [0.25, 0.3) is 0 Å². The monoisotopic (exact) mass is 421 g/mol. The molecular weight excluding hydrogens is 388 g/mol. The Labute approximate surface area is 192 Å². The highest BCUT2D eigenvalue weighted by Crippen LogP contribution is 2.34. The highest BCUT2D eigenvalue weighted by Gasteiger charge is 2.24. The number of likely N-dealkylation sites (N-methyl/N-ethyl adjacent to an activating group) is 1. The van der Waals surface area contributed by atoms with Crippen LogP contribution in [0.25, 0.3) is 0 Å². The Kier molecular flexibility index (Phi) is 5.70. The molecule has 2 heterocycles. The number of hydrogen-bond acceptors (Lipinski definition) is 1. The van der Waals surface area contributed by atoms with Crippen LogP contribution in [0.4, 0.5) is 11.4 Å². The molecule has 0 saturated carbocycles. The average molecular weight is 422 g/mol. The summed E-state index contributed by atoms with van der Waals surface area (Å²) in [7, 11) is 4.38. The van der Waals surface area contributed by atoms with Crippen molar-refractivity contribution in [2.75, 3.05) is 19.0 Å². The van der Waals surface area contributed by atoms with Crippen molar-refractivity contribution < 1.29 is 4.58 Å². The van der Waals surface area contributed by atoms with E-state index in [1.54, 1.807) is 0 Å². The summed E-state index contributed by atoms with van der Waals surface area (Å²) in [6.07, 6.45) is 16.4. The van der Waals surface area contributed by atoms with E-state index >= 15 is 0 Å². The fraction of sp³-hybridized carbons (Fsp3) is 0.300. The van der Waals surface area contributed by atoms with Gasteiger partial charge < -0.3 is 4.90 Å². The van der Waals surface area contributed by atoms with Gasteiger partial charge in [-0.1, -0.05) is 48.6 Å². The molecule has 2 heteroatoms. The molecule has 0 radical (unpaired) electrons. The Balaban J connectivity index is 1.39. The molecule has 0 bridgehead atoms. The van der Waals surface area contributed by atoms with Crippen LogP contribution in [0.15, 0.2) is 95.3 Å². The summed E-state index contributed by atoms with van der Waals surface area (Å²) < 4.78 is 2.34. The third-order valence-corrected chi connectivity index (χ3v) is 7.37. The van der Waals surface area contributed by atoms with Crippen LogP contribution in [-0.4, -0.2) is 24.4 Å². The highest BCUT2D eigenvalue weighted by atomic mass is 15.1. The topological polar surface area (TPSA) is 6.25 Å². The number of anilines is 1. The number of hydrogen-bond donors (Lipinski definition) is 0. The average Bonchev–Trinajstić information content (AvgIpc) is 3.24. The van der Waals surface area contributed by atoms with Crippen molar-refractivity contribution in [3.05, 3.63) is 106 Å². The van der Waals surface area contributed by atoms with Gasteiger partial charge in [0, 0.05) is 42.6 Å². The van der Waals surface area contributed by atoms with Gasteiger partial charge in [-0.05, 0) is 67.0 Å². The molecule has 2 nitrogen and oxygen atoms in total. The summed E-state index contributed by atoms with van der Waals surface area (Å²) in [5.41, 5.74) is 12.7. The predicted octanol–water partition coefficient (Wildman–Crippen LogP) is 6.91. The molecule has 0 fully saturated rings. The van der Waals surface area contributed by atoms with E-state index < -0.39 is 0 Å². The van der Waals surface area contributed by atoms with Crippen LogP contribution in [0.3, 0.4) is 0 Å². The molecule has 0 spiro atoms. The van der Waals surface area contributed by atoms with Gasteiger partial charge in [-0.2, -0.15) is 4.58 Å². The third kappa shape index (κ3) is 3.90. The molecular formula is C30H33N2+. The summed E-state index contributed by atoms with van der Waals surface area (Å²) in [4.78, 5) is 2.34. The molecule has 162 valence electrons. The Hall–Kier alpha value is -3.13. The summed E-state index contributed by atoms with van der Waals surface area (Å²) in [6, 6.07) is 17.5. The molecule has 1 aliphatic carbocycles. The second kappa shape index (κ2) is 8.78. The number of rotatable bonds is 3. The minimum atomic E-state index is 1.02. The molecule has 2 aromatic carbocycles. The molecule has 2 aromatic rings. The molecule has 0 saturated heterocycles. The van der Waals surface area contributed by atoms with Crippen LogP contribution in [0.1, 0.15) is 43.7 Å². The van der Waals surface area contributed by atoms with Crippen LogP contribution in [-0.2, 0) is 12.8 Å². The van der Waals surface area contributed by atoms with E-state index in [1.165, 1.54) is 76.3 Å². The lowest BCUT2D eigenvalue weighted by molar-refractivity contribution is -0.400. The highest BCUT2D eigenvalue weighted by molar-refractivity contribution is 5.96. The zero-order valence-corrected chi connectivity index (χ0v) is 19.6. The Morgan fingerprint density at radius 2 is 1.59 bits per heavy atom. The van der Waals surface area contributed by atoms with Crippen molar-refractivity contribution in [3.63, 3.8) is 0 Å². The molecule has 2 aliphatic heterocycles. The molecule has 0 amide bonds. The second-order valence-corrected chi connectivity index (χ2v) is 9.26. The standard InChI is InChI=1S/C30H33N2/c1-22-23(16-18-27-20-25-12-6-8-14-29(25)31(27)2)10-4-5-11-24(22)17-19-28-21-26-13-7-9-15-30(26)32(28)3/h6-9,12-19H,4-5,10-11,20-21H2,1-3H3/q+1. The Bertz CT molecular complexity index is 1200. The first-order valence-corrected chi connectivity index (χ1v) is 11.9. The Morgan fingerprint density at radius 1 is 0.844 bits per heavy atom.